The second kappa shape index (κ2) is 15.7. The number of pyridine rings is 4. The van der Waals surface area contributed by atoms with Crippen molar-refractivity contribution in [1.82, 2.24) is 19.9 Å². The summed E-state index contributed by atoms with van der Waals surface area (Å²) in [5.41, 5.74) is 3.09. The van der Waals surface area contributed by atoms with Crippen LogP contribution >= 0.6 is 0 Å². The summed E-state index contributed by atoms with van der Waals surface area (Å²) in [5, 5.41) is 34.1. The summed E-state index contributed by atoms with van der Waals surface area (Å²) in [5.74, 6) is 1.96. The average Bonchev–Trinajstić information content (AvgIpc) is 3.07. The number of aromatic nitrogens is 4. The number of para-hydroxylation sites is 4. The molecule has 9 heteroatoms. The fourth-order valence-electron chi connectivity index (χ4n) is 4.42. The van der Waals surface area contributed by atoms with Gasteiger partial charge in [0.1, 0.15) is 0 Å². The first kappa shape index (κ1) is 32.2. The Bertz CT molecular complexity index is 1830. The van der Waals surface area contributed by atoms with Crippen LogP contribution in [0.3, 0.4) is 0 Å². The van der Waals surface area contributed by atoms with Crippen LogP contribution in [0, 0.1) is 0 Å². The third-order valence-electron chi connectivity index (χ3n) is 6.53. The maximum atomic E-state index is 7.50. The van der Waals surface area contributed by atoms with Crippen molar-refractivity contribution in [3.8, 4) is 23.0 Å². The van der Waals surface area contributed by atoms with Gasteiger partial charge in [-0.3, -0.25) is 0 Å². The van der Waals surface area contributed by atoms with Gasteiger partial charge in [0.05, 0.1) is 0 Å². The zero-order valence-corrected chi connectivity index (χ0v) is 26.2. The predicted molar refractivity (Wildman–Crippen MR) is 185 cm³/mol. The smallest absolute Gasteiger partial charge is 0.280 e. The molecule has 4 aromatic carbocycles. The average molecular weight is 657 g/mol. The second-order valence-corrected chi connectivity index (χ2v) is 9.52. The number of hydrogen-bond donors (Lipinski definition) is 0. The first-order valence-corrected chi connectivity index (χ1v) is 13.7. The summed E-state index contributed by atoms with van der Waals surface area (Å²) >= 11 is 0. The van der Waals surface area contributed by atoms with Gasteiger partial charge in [-0.25, -0.2) is 19.9 Å². The van der Waals surface area contributed by atoms with Crippen LogP contribution in [0.4, 0.5) is 0 Å². The number of hydrogen-bond acceptors (Lipinski definition) is 4. The maximum Gasteiger partial charge on any atom is 0.280 e. The van der Waals surface area contributed by atoms with Crippen molar-refractivity contribution in [2.75, 3.05) is 0 Å². The number of nitrogens with zero attached hydrogens (tertiary/aromatic N) is 4. The Morgan fingerprint density at radius 2 is 0.489 bits per heavy atom. The van der Waals surface area contributed by atoms with Crippen LogP contribution in [0.1, 0.15) is 0 Å². The Kier molecular flexibility index (Phi) is 11.2. The molecule has 0 saturated heterocycles. The van der Waals surface area contributed by atoms with E-state index in [1.54, 1.807) is 49.1 Å². The molecule has 0 fully saturated rings. The molecule has 0 spiro atoms. The van der Waals surface area contributed by atoms with E-state index in [4.69, 9.17) is 20.4 Å². The molecule has 4 aromatic heterocycles. The molecule has 0 amide bonds. The molecule has 8 aromatic rings. The summed E-state index contributed by atoms with van der Waals surface area (Å²) < 4.78 is 0. The van der Waals surface area contributed by atoms with Gasteiger partial charge in [0, 0.05) is 88.2 Å². The molecule has 8 N–H and O–H groups in total. The third kappa shape index (κ3) is 8.21. The van der Waals surface area contributed by atoms with E-state index in [0.29, 0.717) is 23.0 Å². The molecule has 4 heterocycles. The molecule has 0 aliphatic heterocycles. The minimum absolute atomic E-state index is 0. The molecular formula is C36H32GeN4O4+4. The Morgan fingerprint density at radius 1 is 0.289 bits per heavy atom. The first-order chi connectivity index (χ1) is 21.5. The van der Waals surface area contributed by atoms with E-state index in [0.717, 1.165) is 43.6 Å². The van der Waals surface area contributed by atoms with E-state index >= 15 is 0 Å². The second-order valence-electron chi connectivity index (χ2n) is 9.52. The van der Waals surface area contributed by atoms with Crippen LogP contribution in [0.25, 0.3) is 43.6 Å². The monoisotopic (exact) mass is 658 g/mol. The van der Waals surface area contributed by atoms with E-state index < -0.39 is 0 Å². The maximum absolute atomic E-state index is 7.50. The molecule has 0 unspecified atom stereocenters. The minimum Gasteiger partial charge on any atom is -0.592 e. The molecule has 4 radical (unpaired) electrons. The molecule has 8 nitrogen and oxygen atoms in total. The van der Waals surface area contributed by atoms with Crippen molar-refractivity contribution >= 4 is 61.2 Å². The number of benzene rings is 4. The van der Waals surface area contributed by atoms with Crippen molar-refractivity contribution in [3.63, 3.8) is 0 Å². The molecule has 8 rings (SSSR count). The van der Waals surface area contributed by atoms with E-state index in [2.05, 4.69) is 19.9 Å². The Morgan fingerprint density at radius 3 is 0.689 bits per heavy atom. The molecule has 0 aliphatic rings. The van der Waals surface area contributed by atoms with Gasteiger partial charge in [0.25, 0.3) is 23.0 Å². The zero-order valence-electron chi connectivity index (χ0n) is 24.1. The number of fused-ring (bicyclic) bond motifs is 4. The molecular weight excluding hydrogens is 625 g/mol. The fraction of sp³-hybridized carbons (Fsp3) is 0. The van der Waals surface area contributed by atoms with E-state index in [1.807, 2.05) is 97.1 Å². The summed E-state index contributed by atoms with van der Waals surface area (Å²) in [6.07, 6.45) is 6.83. The molecule has 220 valence electrons. The zero-order chi connectivity index (χ0) is 30.7. The quantitative estimate of drug-likeness (QED) is 0.139. The summed E-state index contributed by atoms with van der Waals surface area (Å²) in [4.78, 5) is 16.4. The van der Waals surface area contributed by atoms with E-state index in [9.17, 15) is 0 Å². The van der Waals surface area contributed by atoms with Crippen molar-refractivity contribution in [2.45, 2.75) is 0 Å². The van der Waals surface area contributed by atoms with Crippen LogP contribution in [-0.4, -0.2) is 58.0 Å². The number of rotatable bonds is 0. The molecule has 0 bridgehead atoms. The third-order valence-corrected chi connectivity index (χ3v) is 6.53. The van der Waals surface area contributed by atoms with Gasteiger partial charge in [0.15, 0.2) is 22.1 Å². The Labute approximate surface area is 269 Å². The van der Waals surface area contributed by atoms with Crippen molar-refractivity contribution in [2.24, 2.45) is 0 Å². The summed E-state index contributed by atoms with van der Waals surface area (Å²) in [7, 11) is 0. The largest absolute Gasteiger partial charge is 0.592 e. The van der Waals surface area contributed by atoms with Gasteiger partial charge >= 0.3 is 0 Å². The SMILES string of the molecule is [Ge].[OH2+]c1cccc2cccnc12.[OH2+]c1cccc2cccnc12.[OH2+]c1cccc2cccnc12.[OH2+]c1cccc2cccnc12. The Hall–Kier alpha value is -5.74. The van der Waals surface area contributed by atoms with E-state index in [1.165, 1.54) is 0 Å². The van der Waals surface area contributed by atoms with Crippen molar-refractivity contribution in [1.29, 1.82) is 0 Å². The Balaban J connectivity index is 0.000000136. The van der Waals surface area contributed by atoms with Crippen molar-refractivity contribution < 1.29 is 20.4 Å². The van der Waals surface area contributed by atoms with Gasteiger partial charge in [-0.2, -0.15) is 0 Å². The van der Waals surface area contributed by atoms with Crippen LogP contribution in [0.5, 0.6) is 23.0 Å². The van der Waals surface area contributed by atoms with Gasteiger partial charge < -0.3 is 20.4 Å². The van der Waals surface area contributed by atoms with Gasteiger partial charge in [0.2, 0.25) is 0 Å². The molecule has 0 atom stereocenters. The fourth-order valence-corrected chi connectivity index (χ4v) is 4.42. The van der Waals surface area contributed by atoms with Gasteiger partial charge in [-0.15, -0.1) is 0 Å². The van der Waals surface area contributed by atoms with Gasteiger partial charge in [-0.05, 0) is 24.3 Å². The molecule has 45 heavy (non-hydrogen) atoms. The molecule has 0 saturated carbocycles. The molecule has 0 aliphatic carbocycles. The predicted octanol–water partition coefficient (Wildman–Crippen LogP) is 6.31. The van der Waals surface area contributed by atoms with Crippen molar-refractivity contribution in [3.05, 3.63) is 146 Å². The summed E-state index contributed by atoms with van der Waals surface area (Å²) in [6, 6.07) is 37.6. The topological polar surface area (TPSA) is 143 Å². The standard InChI is InChI=1S/4C9H7NO.Ge/c4*11-8-5-1-3-7-4-2-6-10-9(7)8;/h4*1-6,11H;/p+4. The van der Waals surface area contributed by atoms with Crippen LogP contribution in [-0.2, 0) is 0 Å². The minimum atomic E-state index is 0. The van der Waals surface area contributed by atoms with Crippen LogP contribution < -0.4 is 0 Å². The summed E-state index contributed by atoms with van der Waals surface area (Å²) in [6.45, 7) is 0. The first-order valence-electron chi connectivity index (χ1n) is 13.7. The van der Waals surface area contributed by atoms with Crippen LogP contribution in [0.15, 0.2) is 146 Å². The van der Waals surface area contributed by atoms with E-state index in [-0.39, 0.29) is 17.6 Å². The van der Waals surface area contributed by atoms with Gasteiger partial charge in [-0.1, -0.05) is 72.8 Å². The van der Waals surface area contributed by atoms with Crippen LogP contribution in [0.2, 0.25) is 0 Å². The normalized spacial score (nSPS) is 9.96.